The van der Waals surface area contributed by atoms with Crippen molar-refractivity contribution >= 4 is 23.5 Å². The van der Waals surface area contributed by atoms with Gasteiger partial charge in [0.15, 0.2) is 6.29 Å². The number of nitrogens with one attached hydrogen (secondary N) is 1. The Morgan fingerprint density at radius 2 is 1.58 bits per heavy atom. The second-order valence-electron chi connectivity index (χ2n) is 12.7. The van der Waals surface area contributed by atoms with E-state index in [4.69, 9.17) is 4.74 Å². The first kappa shape index (κ1) is 30.6. The largest absolute Gasteiger partial charge is 0.444 e. The van der Waals surface area contributed by atoms with Crippen LogP contribution >= 0.6 is 0 Å². The summed E-state index contributed by atoms with van der Waals surface area (Å²) in [6.45, 7) is 6.56. The van der Waals surface area contributed by atoms with E-state index in [-0.39, 0.29) is 6.03 Å². The molecule has 0 bridgehead atoms. The number of fused-ring (bicyclic) bond motifs is 1. The Bertz CT molecular complexity index is 1390. The number of hydrogen-bond acceptors (Lipinski definition) is 5. The monoisotopic (exact) mass is 585 g/mol. The number of hydrogen-bond donors (Lipinski definition) is 3. The number of aliphatic hydroxyl groups excluding tert-OH is 1. The Morgan fingerprint density at radius 3 is 2.23 bits per heavy atom. The van der Waals surface area contributed by atoms with Crippen LogP contribution in [-0.2, 0) is 11.3 Å². The molecule has 43 heavy (non-hydrogen) atoms. The quantitative estimate of drug-likeness (QED) is 0.277. The summed E-state index contributed by atoms with van der Waals surface area (Å²) in [4.78, 5) is 29.9. The van der Waals surface area contributed by atoms with Crippen molar-refractivity contribution in [3.8, 4) is 11.1 Å². The smallest absolute Gasteiger partial charge is 0.410 e. The molecule has 1 aliphatic heterocycles. The maximum atomic E-state index is 13.5. The molecule has 1 aliphatic carbocycles. The fraction of sp³-hybridized carbons (Fsp3) is 0.429. The third kappa shape index (κ3) is 7.94. The average molecular weight is 586 g/mol. The Balaban J connectivity index is 1.37. The minimum Gasteiger partial charge on any atom is -0.444 e. The normalized spacial score (nSPS) is 19.0. The van der Waals surface area contributed by atoms with Crippen LogP contribution in [0.5, 0.6) is 0 Å². The Morgan fingerprint density at radius 1 is 0.907 bits per heavy atom. The van der Waals surface area contributed by atoms with Crippen LogP contribution in [0.15, 0.2) is 72.8 Å². The summed E-state index contributed by atoms with van der Waals surface area (Å²) in [5.41, 5.74) is 5.11. The van der Waals surface area contributed by atoms with Crippen LogP contribution < -0.4 is 10.2 Å². The molecule has 8 heteroatoms. The second kappa shape index (κ2) is 13.2. The summed E-state index contributed by atoms with van der Waals surface area (Å²) in [5, 5.41) is 21.6. The van der Waals surface area contributed by atoms with Crippen molar-refractivity contribution in [2.45, 2.75) is 77.2 Å². The van der Waals surface area contributed by atoms with E-state index >= 15 is 0 Å². The van der Waals surface area contributed by atoms with E-state index < -0.39 is 18.0 Å². The standard InChI is InChI=1S/C35H43N3O5/c1-35(2,3)43-34(42)37-19-20-38(33(41)36-30-7-5-4-6-8-30)31-18-17-28(22-29(31)23-37)27-15-13-26(14-16-27)25-11-9-24(10-12-25)21-32(39)40/h4-8,13-18,22,24-25,32,39-40H,9-12,19-21,23H2,1-3H3,(H,36,41). The third-order valence-corrected chi connectivity index (χ3v) is 8.35. The lowest BCUT2D eigenvalue weighted by Gasteiger charge is -2.29. The van der Waals surface area contributed by atoms with Crippen molar-refractivity contribution in [3.63, 3.8) is 0 Å². The predicted octanol–water partition coefficient (Wildman–Crippen LogP) is 7.12. The van der Waals surface area contributed by atoms with Crippen LogP contribution in [0.3, 0.4) is 0 Å². The zero-order valence-electron chi connectivity index (χ0n) is 25.3. The van der Waals surface area contributed by atoms with Crippen LogP contribution in [0.2, 0.25) is 0 Å². The predicted molar refractivity (Wildman–Crippen MR) is 169 cm³/mol. The average Bonchev–Trinajstić information content (AvgIpc) is 3.17. The Kier molecular flexibility index (Phi) is 9.37. The third-order valence-electron chi connectivity index (χ3n) is 8.35. The Hall–Kier alpha value is -3.88. The van der Waals surface area contributed by atoms with Gasteiger partial charge in [-0.05, 0) is 105 Å². The summed E-state index contributed by atoms with van der Waals surface area (Å²) in [6, 6.07) is 23.8. The zero-order chi connectivity index (χ0) is 30.6. The van der Waals surface area contributed by atoms with Crippen LogP contribution in [-0.4, -0.2) is 52.2 Å². The van der Waals surface area contributed by atoms with Crippen LogP contribution in [0.1, 0.15) is 69.9 Å². The summed E-state index contributed by atoms with van der Waals surface area (Å²) in [5.74, 6) is 0.858. The number of urea groups is 1. The molecule has 0 unspecified atom stereocenters. The zero-order valence-corrected chi connectivity index (χ0v) is 25.3. The van der Waals surface area contributed by atoms with E-state index in [1.165, 1.54) is 5.56 Å². The van der Waals surface area contributed by atoms with E-state index in [1.807, 2.05) is 63.2 Å². The van der Waals surface area contributed by atoms with Gasteiger partial charge in [0.1, 0.15) is 5.60 Å². The van der Waals surface area contributed by atoms with Crippen molar-refractivity contribution in [1.82, 2.24) is 4.90 Å². The molecule has 5 rings (SSSR count). The maximum absolute atomic E-state index is 13.5. The van der Waals surface area contributed by atoms with Crippen molar-refractivity contribution in [1.29, 1.82) is 0 Å². The molecule has 0 radical (unpaired) electrons. The van der Waals surface area contributed by atoms with Gasteiger partial charge in [-0.3, -0.25) is 4.90 Å². The van der Waals surface area contributed by atoms with Gasteiger partial charge in [-0.25, -0.2) is 9.59 Å². The highest BCUT2D eigenvalue weighted by Crippen LogP contribution is 2.38. The van der Waals surface area contributed by atoms with Crippen molar-refractivity contribution in [2.24, 2.45) is 5.92 Å². The first-order valence-electron chi connectivity index (χ1n) is 15.3. The molecule has 3 amide bonds. The summed E-state index contributed by atoms with van der Waals surface area (Å²) >= 11 is 0. The summed E-state index contributed by atoms with van der Waals surface area (Å²) in [7, 11) is 0. The van der Waals surface area contributed by atoms with Gasteiger partial charge in [0, 0.05) is 25.2 Å². The number of rotatable bonds is 5. The molecule has 1 saturated carbocycles. The number of carbonyl (C=O) groups is 2. The molecule has 1 fully saturated rings. The molecule has 8 nitrogen and oxygen atoms in total. The number of anilines is 2. The number of benzene rings is 3. The van der Waals surface area contributed by atoms with Gasteiger partial charge < -0.3 is 25.2 Å². The number of aliphatic hydroxyl groups is 2. The van der Waals surface area contributed by atoms with Crippen LogP contribution in [0.4, 0.5) is 21.0 Å². The molecule has 0 spiro atoms. The van der Waals surface area contributed by atoms with E-state index in [1.54, 1.807) is 9.80 Å². The van der Waals surface area contributed by atoms with E-state index in [2.05, 4.69) is 35.6 Å². The number of para-hydroxylation sites is 1. The fourth-order valence-corrected chi connectivity index (χ4v) is 6.16. The Labute approximate surface area is 254 Å². The van der Waals surface area contributed by atoms with Gasteiger partial charge in [0.2, 0.25) is 0 Å². The molecule has 3 N–H and O–H groups in total. The minimum absolute atomic E-state index is 0.251. The first-order valence-corrected chi connectivity index (χ1v) is 15.3. The van der Waals surface area contributed by atoms with Gasteiger partial charge in [0.25, 0.3) is 0 Å². The van der Waals surface area contributed by atoms with Gasteiger partial charge in [-0.2, -0.15) is 0 Å². The molecular weight excluding hydrogens is 542 g/mol. The summed E-state index contributed by atoms with van der Waals surface area (Å²) < 4.78 is 5.69. The van der Waals surface area contributed by atoms with Gasteiger partial charge in [0.05, 0.1) is 12.2 Å². The summed E-state index contributed by atoms with van der Waals surface area (Å²) in [6.07, 6.45) is 2.97. The van der Waals surface area contributed by atoms with Gasteiger partial charge in [-0.1, -0.05) is 48.5 Å². The number of amides is 3. The number of carbonyl (C=O) groups excluding carboxylic acids is 2. The fourth-order valence-electron chi connectivity index (χ4n) is 6.16. The molecular formula is C35H43N3O5. The van der Waals surface area contributed by atoms with Gasteiger partial charge >= 0.3 is 12.1 Å². The lowest BCUT2D eigenvalue weighted by molar-refractivity contribution is -0.0592. The molecule has 3 aromatic carbocycles. The lowest BCUT2D eigenvalue weighted by atomic mass is 9.77. The highest BCUT2D eigenvalue weighted by atomic mass is 16.6. The molecule has 0 saturated heterocycles. The second-order valence-corrected chi connectivity index (χ2v) is 12.7. The first-order chi connectivity index (χ1) is 20.6. The molecule has 0 aromatic heterocycles. The van der Waals surface area contributed by atoms with Crippen LogP contribution in [0, 0.1) is 5.92 Å². The van der Waals surface area contributed by atoms with Gasteiger partial charge in [-0.15, -0.1) is 0 Å². The SMILES string of the molecule is CC(C)(C)OC(=O)N1CCN(C(=O)Nc2ccccc2)c2ccc(-c3ccc(C4CCC(CC(O)O)CC4)cc3)cc2C1. The highest BCUT2D eigenvalue weighted by Gasteiger charge is 2.30. The number of nitrogens with zero attached hydrogens (tertiary/aromatic N) is 2. The van der Waals surface area contributed by atoms with Crippen LogP contribution in [0.25, 0.3) is 11.1 Å². The number of ether oxygens (including phenoxy) is 1. The molecule has 0 atom stereocenters. The highest BCUT2D eigenvalue weighted by molar-refractivity contribution is 6.02. The van der Waals surface area contributed by atoms with Crippen molar-refractivity contribution < 1.29 is 24.5 Å². The van der Waals surface area contributed by atoms with Crippen molar-refractivity contribution in [2.75, 3.05) is 23.3 Å². The van der Waals surface area contributed by atoms with E-state index in [0.29, 0.717) is 43.6 Å². The molecule has 3 aromatic rings. The lowest BCUT2D eigenvalue weighted by Crippen LogP contribution is -2.41. The van der Waals surface area contributed by atoms with E-state index in [9.17, 15) is 19.8 Å². The maximum Gasteiger partial charge on any atom is 0.410 e. The minimum atomic E-state index is -1.22. The molecule has 1 heterocycles. The van der Waals surface area contributed by atoms with Crippen molar-refractivity contribution in [3.05, 3.63) is 83.9 Å². The molecule has 2 aliphatic rings. The van der Waals surface area contributed by atoms with E-state index in [0.717, 1.165) is 48.1 Å². The topological polar surface area (TPSA) is 102 Å². The molecule has 228 valence electrons.